The lowest BCUT2D eigenvalue weighted by Crippen LogP contribution is -2.05. The topological polar surface area (TPSA) is 75.4 Å². The van der Waals surface area contributed by atoms with Gasteiger partial charge in [0.25, 0.3) is 0 Å². The highest BCUT2D eigenvalue weighted by atomic mass is 19.1. The van der Waals surface area contributed by atoms with Gasteiger partial charge < -0.3 is 10.4 Å². The summed E-state index contributed by atoms with van der Waals surface area (Å²) < 4.78 is 26.6. The van der Waals surface area contributed by atoms with Crippen LogP contribution < -0.4 is 5.32 Å². The smallest absolute Gasteiger partial charge is 0.327 e. The van der Waals surface area contributed by atoms with Crippen molar-refractivity contribution in [1.82, 2.24) is 0 Å². The van der Waals surface area contributed by atoms with Crippen LogP contribution in [0.2, 0.25) is 0 Å². The molecule has 110 valence electrons. The number of aliphatic hydroxyl groups excluding tert-OH is 1. The zero-order valence-electron chi connectivity index (χ0n) is 10.8. The number of halogens is 2. The Morgan fingerprint density at radius 3 is 2.33 bits per heavy atom. The van der Waals surface area contributed by atoms with Gasteiger partial charge in [-0.2, -0.15) is 4.39 Å². The molecule has 2 aromatic carbocycles. The molecule has 2 rings (SSSR count). The van der Waals surface area contributed by atoms with Crippen LogP contribution in [0.25, 0.3) is 0 Å². The van der Waals surface area contributed by atoms with Gasteiger partial charge >= 0.3 is 5.69 Å². The van der Waals surface area contributed by atoms with Crippen molar-refractivity contribution in [3.63, 3.8) is 0 Å². The number of nitro groups is 1. The van der Waals surface area contributed by atoms with Crippen LogP contribution in [-0.4, -0.2) is 10.0 Å². The van der Waals surface area contributed by atoms with Gasteiger partial charge in [-0.1, -0.05) is 24.3 Å². The lowest BCUT2D eigenvalue weighted by atomic mass is 10.1. The summed E-state index contributed by atoms with van der Waals surface area (Å²) in [6.07, 6.45) is 0. The molecular weight excluding hydrogens is 282 g/mol. The van der Waals surface area contributed by atoms with E-state index in [1.165, 1.54) is 0 Å². The number of aliphatic hydroxyl groups is 1. The molecule has 0 heterocycles. The molecule has 0 aliphatic carbocycles. The molecule has 0 atom stereocenters. The van der Waals surface area contributed by atoms with Crippen molar-refractivity contribution >= 4 is 11.4 Å². The predicted molar refractivity (Wildman–Crippen MR) is 72.7 cm³/mol. The predicted octanol–water partition coefficient (Wildman–Crippen LogP) is 2.98. The summed E-state index contributed by atoms with van der Waals surface area (Å²) in [4.78, 5) is 9.93. The van der Waals surface area contributed by atoms with Gasteiger partial charge in [0.05, 0.1) is 11.5 Å². The minimum absolute atomic E-state index is 0.0890. The fourth-order valence-electron chi connectivity index (χ4n) is 1.85. The summed E-state index contributed by atoms with van der Waals surface area (Å²) in [6, 6.07) is 8.15. The van der Waals surface area contributed by atoms with Crippen molar-refractivity contribution in [3.05, 3.63) is 69.3 Å². The number of rotatable bonds is 5. The zero-order chi connectivity index (χ0) is 15.4. The molecule has 0 bridgehead atoms. The lowest BCUT2D eigenvalue weighted by molar-refractivity contribution is -0.386. The molecule has 5 nitrogen and oxygen atoms in total. The van der Waals surface area contributed by atoms with E-state index in [9.17, 15) is 18.9 Å². The first-order chi connectivity index (χ1) is 10.0. The molecule has 0 saturated carbocycles. The first-order valence-electron chi connectivity index (χ1n) is 6.07. The summed E-state index contributed by atoms with van der Waals surface area (Å²) >= 11 is 0. The minimum atomic E-state index is -1.22. The standard InChI is InChI=1S/C14H12F2N2O3/c15-11-5-12(16)14(18(20)21)13(6-11)17-7-9-1-3-10(8-19)4-2-9/h1-6,17,19H,7-8H2. The molecule has 0 aliphatic rings. The molecule has 21 heavy (non-hydrogen) atoms. The summed E-state index contributed by atoms with van der Waals surface area (Å²) in [7, 11) is 0. The Bertz CT molecular complexity index is 660. The van der Waals surface area contributed by atoms with Gasteiger partial charge in [0, 0.05) is 18.7 Å². The number of nitrogens with zero attached hydrogens (tertiary/aromatic N) is 1. The van der Waals surface area contributed by atoms with E-state index in [2.05, 4.69) is 5.32 Å². The van der Waals surface area contributed by atoms with Crippen LogP contribution in [0.3, 0.4) is 0 Å². The summed E-state index contributed by atoms with van der Waals surface area (Å²) in [5.41, 5.74) is 0.472. The first kappa shape index (κ1) is 14.9. The average molecular weight is 294 g/mol. The van der Waals surface area contributed by atoms with E-state index in [4.69, 9.17) is 5.11 Å². The normalized spacial score (nSPS) is 10.4. The molecule has 0 radical (unpaired) electrons. The van der Waals surface area contributed by atoms with E-state index in [1.807, 2.05) is 0 Å². The molecule has 0 aromatic heterocycles. The quantitative estimate of drug-likeness (QED) is 0.656. The number of hydrogen-bond donors (Lipinski definition) is 2. The Morgan fingerprint density at radius 1 is 1.14 bits per heavy atom. The number of nitrogens with one attached hydrogen (secondary N) is 1. The Balaban J connectivity index is 2.20. The van der Waals surface area contributed by atoms with Gasteiger partial charge in [-0.3, -0.25) is 10.1 Å². The van der Waals surface area contributed by atoms with Crippen LogP contribution in [0.15, 0.2) is 36.4 Å². The third kappa shape index (κ3) is 3.51. The second-order valence-corrected chi connectivity index (χ2v) is 4.37. The Morgan fingerprint density at radius 2 is 1.76 bits per heavy atom. The SMILES string of the molecule is O=[N+]([O-])c1c(F)cc(F)cc1NCc1ccc(CO)cc1. The number of anilines is 1. The average Bonchev–Trinajstić information content (AvgIpc) is 2.44. The molecule has 0 amide bonds. The van der Waals surface area contributed by atoms with Gasteiger partial charge in [0.1, 0.15) is 11.5 Å². The highest BCUT2D eigenvalue weighted by molar-refractivity contribution is 5.62. The molecule has 2 aromatic rings. The Labute approximate surface area is 119 Å². The van der Waals surface area contributed by atoms with Crippen LogP contribution >= 0.6 is 0 Å². The lowest BCUT2D eigenvalue weighted by Gasteiger charge is -2.08. The van der Waals surface area contributed by atoms with Crippen molar-refractivity contribution in [2.45, 2.75) is 13.2 Å². The van der Waals surface area contributed by atoms with E-state index in [-0.39, 0.29) is 18.8 Å². The second-order valence-electron chi connectivity index (χ2n) is 4.37. The maximum Gasteiger partial charge on any atom is 0.327 e. The molecule has 0 unspecified atom stereocenters. The van der Waals surface area contributed by atoms with Gasteiger partial charge in [0.2, 0.25) is 5.82 Å². The highest BCUT2D eigenvalue weighted by Crippen LogP contribution is 2.29. The second kappa shape index (κ2) is 6.27. The molecular formula is C14H12F2N2O3. The Kier molecular flexibility index (Phi) is 4.44. The summed E-state index contributed by atoms with van der Waals surface area (Å²) in [6.45, 7) is 0.0731. The van der Waals surface area contributed by atoms with Crippen LogP contribution in [0.4, 0.5) is 20.2 Å². The van der Waals surface area contributed by atoms with E-state index in [0.29, 0.717) is 6.07 Å². The van der Waals surface area contributed by atoms with Crippen LogP contribution in [0.1, 0.15) is 11.1 Å². The van der Waals surface area contributed by atoms with Crippen molar-refractivity contribution in [1.29, 1.82) is 0 Å². The van der Waals surface area contributed by atoms with Gasteiger partial charge in [-0.25, -0.2) is 4.39 Å². The van der Waals surface area contributed by atoms with Crippen LogP contribution in [0, 0.1) is 21.7 Å². The van der Waals surface area contributed by atoms with Gasteiger partial charge in [0.15, 0.2) is 0 Å². The summed E-state index contributed by atoms with van der Waals surface area (Å²) in [5, 5.41) is 22.4. The molecule has 0 aliphatic heterocycles. The van der Waals surface area contributed by atoms with E-state index >= 15 is 0 Å². The Hall–Kier alpha value is -2.54. The largest absolute Gasteiger partial charge is 0.392 e. The van der Waals surface area contributed by atoms with Gasteiger partial charge in [-0.15, -0.1) is 0 Å². The monoisotopic (exact) mass is 294 g/mol. The van der Waals surface area contributed by atoms with Crippen molar-refractivity contribution < 1.29 is 18.8 Å². The molecule has 2 N–H and O–H groups in total. The van der Waals surface area contributed by atoms with Crippen molar-refractivity contribution in [2.75, 3.05) is 5.32 Å². The molecule has 0 fully saturated rings. The third-order valence-corrected chi connectivity index (χ3v) is 2.90. The van der Waals surface area contributed by atoms with Gasteiger partial charge in [-0.05, 0) is 11.1 Å². The van der Waals surface area contributed by atoms with E-state index in [0.717, 1.165) is 17.2 Å². The fraction of sp³-hybridized carbons (Fsp3) is 0.143. The number of nitro benzene ring substituents is 1. The first-order valence-corrected chi connectivity index (χ1v) is 6.07. The van der Waals surface area contributed by atoms with Crippen molar-refractivity contribution in [3.8, 4) is 0 Å². The third-order valence-electron chi connectivity index (χ3n) is 2.90. The molecule has 0 spiro atoms. The summed E-state index contributed by atoms with van der Waals surface area (Å²) in [5.74, 6) is -2.12. The van der Waals surface area contributed by atoms with E-state index in [1.54, 1.807) is 24.3 Å². The molecule has 0 saturated heterocycles. The van der Waals surface area contributed by atoms with E-state index < -0.39 is 22.2 Å². The number of hydrogen-bond acceptors (Lipinski definition) is 4. The van der Waals surface area contributed by atoms with Crippen LogP contribution in [0.5, 0.6) is 0 Å². The minimum Gasteiger partial charge on any atom is -0.392 e. The highest BCUT2D eigenvalue weighted by Gasteiger charge is 2.21. The fourth-order valence-corrected chi connectivity index (χ4v) is 1.85. The van der Waals surface area contributed by atoms with Crippen LogP contribution in [-0.2, 0) is 13.2 Å². The molecule has 7 heteroatoms. The maximum absolute atomic E-state index is 13.4. The maximum atomic E-state index is 13.4. The van der Waals surface area contributed by atoms with Crippen molar-refractivity contribution in [2.24, 2.45) is 0 Å². The zero-order valence-corrected chi connectivity index (χ0v) is 10.8. The number of benzene rings is 2.